The maximum Gasteiger partial charge on any atom is 0.229 e. The number of halogens is 1. The van der Waals surface area contributed by atoms with E-state index in [4.69, 9.17) is 0 Å². The van der Waals surface area contributed by atoms with E-state index >= 15 is 0 Å². The SMILES string of the molecule is CN(C)C1CCN(c2ncc(Br)cc2NS(C)(=O)=O)C1. The van der Waals surface area contributed by atoms with Gasteiger partial charge >= 0.3 is 0 Å². The van der Waals surface area contributed by atoms with Gasteiger partial charge < -0.3 is 9.80 Å². The summed E-state index contributed by atoms with van der Waals surface area (Å²) in [6.07, 6.45) is 3.87. The average Bonchev–Trinajstić information content (AvgIpc) is 2.76. The molecule has 1 fully saturated rings. The number of likely N-dealkylation sites (N-methyl/N-ethyl adjacent to an activating group) is 1. The van der Waals surface area contributed by atoms with Crippen molar-refractivity contribution in [3.63, 3.8) is 0 Å². The molecule has 1 unspecified atom stereocenters. The molecule has 1 aromatic heterocycles. The van der Waals surface area contributed by atoms with Crippen LogP contribution in [0.1, 0.15) is 6.42 Å². The maximum atomic E-state index is 11.5. The molecule has 2 heterocycles. The lowest BCUT2D eigenvalue weighted by molar-refractivity contribution is 0.315. The fraction of sp³-hybridized carbons (Fsp3) is 0.583. The molecule has 0 aliphatic carbocycles. The van der Waals surface area contributed by atoms with Crippen molar-refractivity contribution < 1.29 is 8.42 Å². The first-order chi connectivity index (χ1) is 9.26. The third-order valence-electron chi connectivity index (χ3n) is 3.32. The van der Waals surface area contributed by atoms with Gasteiger partial charge in [0.25, 0.3) is 0 Å². The van der Waals surface area contributed by atoms with E-state index in [2.05, 4.69) is 49.5 Å². The number of hydrogen-bond acceptors (Lipinski definition) is 5. The molecule has 0 radical (unpaired) electrons. The Labute approximate surface area is 128 Å². The largest absolute Gasteiger partial charge is 0.353 e. The van der Waals surface area contributed by atoms with Crippen LogP contribution in [0.3, 0.4) is 0 Å². The smallest absolute Gasteiger partial charge is 0.229 e. The Morgan fingerprint density at radius 1 is 1.50 bits per heavy atom. The number of anilines is 2. The molecule has 0 aromatic carbocycles. The average molecular weight is 363 g/mol. The van der Waals surface area contributed by atoms with Crippen molar-refractivity contribution >= 4 is 37.5 Å². The van der Waals surface area contributed by atoms with Crippen molar-refractivity contribution in [3.05, 3.63) is 16.7 Å². The van der Waals surface area contributed by atoms with Crippen LogP contribution in [0.4, 0.5) is 11.5 Å². The Hall–Kier alpha value is -0.860. The van der Waals surface area contributed by atoms with E-state index in [1.807, 2.05) is 0 Å². The van der Waals surface area contributed by atoms with Crippen LogP contribution < -0.4 is 9.62 Å². The third-order valence-corrected chi connectivity index (χ3v) is 4.35. The van der Waals surface area contributed by atoms with E-state index in [0.29, 0.717) is 17.5 Å². The van der Waals surface area contributed by atoms with E-state index in [9.17, 15) is 8.42 Å². The van der Waals surface area contributed by atoms with E-state index in [-0.39, 0.29) is 0 Å². The van der Waals surface area contributed by atoms with Crippen LogP contribution in [-0.2, 0) is 10.0 Å². The summed E-state index contributed by atoms with van der Waals surface area (Å²) in [6.45, 7) is 1.72. The topological polar surface area (TPSA) is 65.5 Å². The van der Waals surface area contributed by atoms with Crippen LogP contribution in [0.25, 0.3) is 0 Å². The van der Waals surface area contributed by atoms with Gasteiger partial charge in [-0.3, -0.25) is 4.72 Å². The highest BCUT2D eigenvalue weighted by Gasteiger charge is 2.27. The number of aromatic nitrogens is 1. The van der Waals surface area contributed by atoms with Gasteiger partial charge in [0.2, 0.25) is 10.0 Å². The number of nitrogens with one attached hydrogen (secondary N) is 1. The van der Waals surface area contributed by atoms with Gasteiger partial charge in [0.05, 0.1) is 11.9 Å². The minimum atomic E-state index is -3.32. The minimum absolute atomic E-state index is 0.464. The molecule has 2 rings (SSSR count). The van der Waals surface area contributed by atoms with Crippen molar-refractivity contribution in [1.82, 2.24) is 9.88 Å². The van der Waals surface area contributed by atoms with Gasteiger partial charge in [-0.1, -0.05) is 0 Å². The van der Waals surface area contributed by atoms with Gasteiger partial charge in [0.15, 0.2) is 5.82 Å². The Bertz CT molecular complexity index is 591. The van der Waals surface area contributed by atoms with Gasteiger partial charge in [-0.05, 0) is 42.5 Å². The Balaban J connectivity index is 2.28. The second-order valence-corrected chi connectivity index (χ2v) is 7.92. The fourth-order valence-electron chi connectivity index (χ4n) is 2.31. The number of sulfonamides is 1. The van der Waals surface area contributed by atoms with Crippen LogP contribution in [0.15, 0.2) is 16.7 Å². The van der Waals surface area contributed by atoms with Gasteiger partial charge in [0.1, 0.15) is 0 Å². The normalized spacial score (nSPS) is 19.6. The van der Waals surface area contributed by atoms with Crippen LogP contribution >= 0.6 is 15.9 Å². The van der Waals surface area contributed by atoms with Gasteiger partial charge in [-0.25, -0.2) is 13.4 Å². The molecule has 8 heteroatoms. The zero-order valence-electron chi connectivity index (χ0n) is 11.8. The van der Waals surface area contributed by atoms with Crippen molar-refractivity contribution in [2.24, 2.45) is 0 Å². The molecular formula is C12H19BrN4O2S. The molecule has 0 spiro atoms. The molecule has 6 nitrogen and oxygen atoms in total. The molecule has 0 amide bonds. The number of hydrogen-bond donors (Lipinski definition) is 1. The van der Waals surface area contributed by atoms with Crippen LogP contribution in [-0.4, -0.2) is 57.8 Å². The second kappa shape index (κ2) is 5.87. The number of rotatable bonds is 4. The molecule has 1 aromatic rings. The lowest BCUT2D eigenvalue weighted by Crippen LogP contribution is -2.32. The van der Waals surface area contributed by atoms with Crippen LogP contribution in [0, 0.1) is 0 Å². The summed E-state index contributed by atoms with van der Waals surface area (Å²) in [5.41, 5.74) is 0.515. The summed E-state index contributed by atoms with van der Waals surface area (Å²) in [5.74, 6) is 0.683. The summed E-state index contributed by atoms with van der Waals surface area (Å²) in [4.78, 5) is 8.67. The Morgan fingerprint density at radius 2 is 2.20 bits per heavy atom. The van der Waals surface area contributed by atoms with E-state index in [1.165, 1.54) is 0 Å². The molecule has 1 N–H and O–H groups in total. The first-order valence-electron chi connectivity index (χ1n) is 6.31. The summed E-state index contributed by atoms with van der Waals surface area (Å²) in [7, 11) is 0.785. The quantitative estimate of drug-likeness (QED) is 0.875. The molecule has 1 saturated heterocycles. The van der Waals surface area contributed by atoms with Gasteiger partial charge in [-0.2, -0.15) is 0 Å². The lowest BCUT2D eigenvalue weighted by Gasteiger charge is -2.23. The molecular weight excluding hydrogens is 344 g/mol. The standard InChI is InChI=1S/C12H19BrN4O2S/c1-16(2)10-4-5-17(8-10)12-11(15-20(3,18)19)6-9(13)7-14-12/h6-7,10,15H,4-5,8H2,1-3H3. The third kappa shape index (κ3) is 3.83. The summed E-state index contributed by atoms with van der Waals surface area (Å²) in [6, 6.07) is 2.21. The zero-order valence-corrected chi connectivity index (χ0v) is 14.2. The van der Waals surface area contributed by atoms with Crippen molar-refractivity contribution in [1.29, 1.82) is 0 Å². The van der Waals surface area contributed by atoms with Crippen molar-refractivity contribution in [2.45, 2.75) is 12.5 Å². The van der Waals surface area contributed by atoms with Crippen molar-refractivity contribution in [2.75, 3.05) is 43.1 Å². The summed E-state index contributed by atoms with van der Waals surface area (Å²) >= 11 is 3.32. The molecule has 0 bridgehead atoms. The lowest BCUT2D eigenvalue weighted by atomic mass is 10.2. The highest BCUT2D eigenvalue weighted by atomic mass is 79.9. The van der Waals surface area contributed by atoms with Crippen LogP contribution in [0.2, 0.25) is 0 Å². The first-order valence-corrected chi connectivity index (χ1v) is 8.99. The molecule has 112 valence electrons. The molecule has 0 saturated carbocycles. The summed E-state index contributed by atoms with van der Waals surface area (Å²) in [5, 5.41) is 0. The molecule has 1 aliphatic heterocycles. The summed E-state index contributed by atoms with van der Waals surface area (Å²) < 4.78 is 26.2. The molecule has 1 aliphatic rings. The maximum absolute atomic E-state index is 11.5. The Morgan fingerprint density at radius 3 is 2.75 bits per heavy atom. The first kappa shape index (κ1) is 15.5. The van der Waals surface area contributed by atoms with E-state index < -0.39 is 10.0 Å². The van der Waals surface area contributed by atoms with E-state index in [1.54, 1.807) is 12.3 Å². The second-order valence-electron chi connectivity index (χ2n) is 5.25. The monoisotopic (exact) mass is 362 g/mol. The van der Waals surface area contributed by atoms with Gasteiger partial charge in [0, 0.05) is 29.8 Å². The highest BCUT2D eigenvalue weighted by molar-refractivity contribution is 9.10. The van der Waals surface area contributed by atoms with Gasteiger partial charge in [-0.15, -0.1) is 0 Å². The predicted molar refractivity (Wildman–Crippen MR) is 84.7 cm³/mol. The molecule has 20 heavy (non-hydrogen) atoms. The highest BCUT2D eigenvalue weighted by Crippen LogP contribution is 2.30. The Kier molecular flexibility index (Phi) is 4.55. The number of pyridine rings is 1. The number of nitrogens with zero attached hydrogens (tertiary/aromatic N) is 3. The minimum Gasteiger partial charge on any atom is -0.353 e. The predicted octanol–water partition coefficient (Wildman–Crippen LogP) is 1.36. The van der Waals surface area contributed by atoms with Crippen LogP contribution in [0.5, 0.6) is 0 Å². The van der Waals surface area contributed by atoms with Crippen molar-refractivity contribution in [3.8, 4) is 0 Å². The van der Waals surface area contributed by atoms with E-state index in [0.717, 1.165) is 30.2 Å². The fourth-order valence-corrected chi connectivity index (χ4v) is 3.20. The molecule has 1 atom stereocenters. The zero-order chi connectivity index (χ0) is 14.9.